The lowest BCUT2D eigenvalue weighted by Crippen LogP contribution is -2.15. The highest BCUT2D eigenvalue weighted by Crippen LogP contribution is 2.50. The first-order valence-corrected chi connectivity index (χ1v) is 10.1. The van der Waals surface area contributed by atoms with E-state index in [1.807, 2.05) is 6.92 Å². The molecule has 0 bridgehead atoms. The van der Waals surface area contributed by atoms with Crippen LogP contribution in [0, 0.1) is 19.8 Å². The summed E-state index contributed by atoms with van der Waals surface area (Å²) in [7, 11) is -3.28. The monoisotopic (exact) mass is 349 g/mol. The van der Waals surface area contributed by atoms with Crippen molar-refractivity contribution >= 4 is 32.8 Å². The number of rotatable bonds is 4. The lowest BCUT2D eigenvalue weighted by Gasteiger charge is -2.10. The minimum absolute atomic E-state index is 0.0191. The van der Waals surface area contributed by atoms with Crippen LogP contribution in [0.2, 0.25) is 0 Å². The average Bonchev–Trinajstić information content (AvgIpc) is 3.15. The summed E-state index contributed by atoms with van der Waals surface area (Å²) < 4.78 is 23.3. The minimum atomic E-state index is -3.28. The van der Waals surface area contributed by atoms with Crippen LogP contribution in [0.5, 0.6) is 0 Å². The standard InChI is InChI=1S/C17H19NO3S2/c1-10-4-6-12(23(3,20)21)8-15(10)18-17(19)14-9-13(14)16-7-5-11(2)22-16/h4-8,13-14H,9H2,1-3H3,(H,18,19). The number of thiophene rings is 1. The van der Waals surface area contributed by atoms with Crippen molar-refractivity contribution in [1.82, 2.24) is 0 Å². The molecule has 6 heteroatoms. The van der Waals surface area contributed by atoms with E-state index in [0.717, 1.165) is 12.0 Å². The molecule has 4 nitrogen and oxygen atoms in total. The van der Waals surface area contributed by atoms with Crippen molar-refractivity contribution in [2.45, 2.75) is 31.1 Å². The van der Waals surface area contributed by atoms with E-state index in [9.17, 15) is 13.2 Å². The van der Waals surface area contributed by atoms with Gasteiger partial charge in [0.15, 0.2) is 9.84 Å². The number of hydrogen-bond acceptors (Lipinski definition) is 4. The van der Waals surface area contributed by atoms with Crippen LogP contribution >= 0.6 is 11.3 Å². The summed E-state index contributed by atoms with van der Waals surface area (Å²) in [5.74, 6) is 0.247. The topological polar surface area (TPSA) is 63.2 Å². The molecule has 1 aromatic heterocycles. The van der Waals surface area contributed by atoms with Gasteiger partial charge in [0.05, 0.1) is 4.90 Å². The van der Waals surface area contributed by atoms with Gasteiger partial charge in [-0.15, -0.1) is 11.3 Å². The zero-order chi connectivity index (χ0) is 16.8. The Morgan fingerprint density at radius 2 is 1.96 bits per heavy atom. The van der Waals surface area contributed by atoms with Crippen LogP contribution in [0.1, 0.15) is 27.7 Å². The molecular formula is C17H19NO3S2. The fourth-order valence-electron chi connectivity index (χ4n) is 2.64. The molecule has 1 aromatic carbocycles. The summed E-state index contributed by atoms with van der Waals surface area (Å²) >= 11 is 1.74. The third-order valence-corrected chi connectivity index (χ3v) is 6.39. The average molecular weight is 349 g/mol. The largest absolute Gasteiger partial charge is 0.326 e. The highest BCUT2D eigenvalue weighted by molar-refractivity contribution is 7.90. The van der Waals surface area contributed by atoms with Crippen LogP contribution in [0.4, 0.5) is 5.69 Å². The number of aryl methyl sites for hydroxylation is 2. The van der Waals surface area contributed by atoms with Gasteiger partial charge in [-0.2, -0.15) is 0 Å². The Balaban J connectivity index is 1.74. The molecule has 1 aliphatic carbocycles. The summed E-state index contributed by atoms with van der Waals surface area (Å²) in [6, 6.07) is 8.99. The molecule has 0 radical (unpaired) electrons. The van der Waals surface area contributed by atoms with E-state index in [1.54, 1.807) is 23.5 Å². The number of amides is 1. The van der Waals surface area contributed by atoms with Crippen molar-refractivity contribution in [3.63, 3.8) is 0 Å². The van der Waals surface area contributed by atoms with Crippen LogP contribution in [0.15, 0.2) is 35.2 Å². The van der Waals surface area contributed by atoms with E-state index in [-0.39, 0.29) is 16.7 Å². The van der Waals surface area contributed by atoms with Gasteiger partial charge in [0.25, 0.3) is 0 Å². The van der Waals surface area contributed by atoms with Crippen LogP contribution < -0.4 is 5.32 Å². The predicted octanol–water partition coefficient (Wildman–Crippen LogP) is 3.51. The fraction of sp³-hybridized carbons (Fsp3) is 0.353. The molecule has 0 aliphatic heterocycles. The molecule has 1 heterocycles. The highest BCUT2D eigenvalue weighted by Gasteiger charge is 2.44. The first-order chi connectivity index (χ1) is 10.8. The molecule has 2 unspecified atom stereocenters. The first-order valence-electron chi connectivity index (χ1n) is 7.43. The predicted molar refractivity (Wildman–Crippen MR) is 92.8 cm³/mol. The number of carbonyl (C=O) groups excluding carboxylic acids is 1. The van der Waals surface area contributed by atoms with Crippen molar-refractivity contribution in [2.75, 3.05) is 11.6 Å². The molecule has 1 N–H and O–H groups in total. The molecule has 2 aromatic rings. The molecule has 1 amide bonds. The Kier molecular flexibility index (Phi) is 4.06. The second-order valence-corrected chi connectivity index (χ2v) is 9.47. The molecule has 3 rings (SSSR count). The van der Waals surface area contributed by atoms with Crippen LogP contribution in [0.3, 0.4) is 0 Å². The van der Waals surface area contributed by atoms with E-state index in [0.29, 0.717) is 11.6 Å². The maximum Gasteiger partial charge on any atom is 0.228 e. The Morgan fingerprint density at radius 1 is 1.22 bits per heavy atom. The van der Waals surface area contributed by atoms with Crippen LogP contribution in [0.25, 0.3) is 0 Å². The van der Waals surface area contributed by atoms with Gasteiger partial charge in [0.1, 0.15) is 0 Å². The molecule has 0 spiro atoms. The smallest absolute Gasteiger partial charge is 0.228 e. The zero-order valence-electron chi connectivity index (χ0n) is 13.3. The lowest BCUT2D eigenvalue weighted by molar-refractivity contribution is -0.117. The molecule has 0 saturated heterocycles. The first kappa shape index (κ1) is 16.2. The maximum absolute atomic E-state index is 12.4. The number of sulfone groups is 1. The second kappa shape index (κ2) is 5.76. The Bertz CT molecular complexity index is 868. The summed E-state index contributed by atoms with van der Waals surface area (Å²) in [6.45, 7) is 3.92. The quantitative estimate of drug-likeness (QED) is 0.919. The van der Waals surface area contributed by atoms with Crippen molar-refractivity contribution in [1.29, 1.82) is 0 Å². The maximum atomic E-state index is 12.4. The molecule has 1 aliphatic rings. The summed E-state index contributed by atoms with van der Waals surface area (Å²) in [5, 5.41) is 2.89. The summed E-state index contributed by atoms with van der Waals surface area (Å²) in [4.78, 5) is 15.2. The van der Waals surface area contributed by atoms with Crippen molar-refractivity contribution in [3.05, 3.63) is 45.6 Å². The van der Waals surface area contributed by atoms with E-state index in [2.05, 4.69) is 24.4 Å². The third-order valence-electron chi connectivity index (χ3n) is 4.15. The second-order valence-electron chi connectivity index (χ2n) is 6.14. The molecule has 2 atom stereocenters. The van der Waals surface area contributed by atoms with Gasteiger partial charge in [0.2, 0.25) is 5.91 Å². The number of benzene rings is 1. The molecule has 1 saturated carbocycles. The van der Waals surface area contributed by atoms with Gasteiger partial charge in [-0.25, -0.2) is 8.42 Å². The summed E-state index contributed by atoms with van der Waals surface area (Å²) in [5.41, 5.74) is 1.43. The van der Waals surface area contributed by atoms with Gasteiger partial charge in [0, 0.05) is 33.5 Å². The van der Waals surface area contributed by atoms with E-state index >= 15 is 0 Å². The molecular weight excluding hydrogens is 330 g/mol. The fourth-order valence-corrected chi connectivity index (χ4v) is 4.35. The molecule has 1 fully saturated rings. The number of anilines is 1. The third kappa shape index (κ3) is 3.48. The van der Waals surface area contributed by atoms with E-state index < -0.39 is 9.84 Å². The van der Waals surface area contributed by atoms with E-state index in [1.165, 1.54) is 22.1 Å². The van der Waals surface area contributed by atoms with Gasteiger partial charge in [-0.05, 0) is 50.1 Å². The Labute approximate surface area is 140 Å². The lowest BCUT2D eigenvalue weighted by atomic mass is 10.2. The van der Waals surface area contributed by atoms with Crippen molar-refractivity contribution in [3.8, 4) is 0 Å². The number of hydrogen-bond donors (Lipinski definition) is 1. The zero-order valence-corrected chi connectivity index (χ0v) is 14.9. The van der Waals surface area contributed by atoms with Gasteiger partial charge >= 0.3 is 0 Å². The molecule has 122 valence electrons. The number of nitrogens with one attached hydrogen (secondary N) is 1. The van der Waals surface area contributed by atoms with E-state index in [4.69, 9.17) is 0 Å². The number of carbonyl (C=O) groups is 1. The van der Waals surface area contributed by atoms with Crippen molar-refractivity contribution < 1.29 is 13.2 Å². The highest BCUT2D eigenvalue weighted by atomic mass is 32.2. The Hall–Kier alpha value is -1.66. The minimum Gasteiger partial charge on any atom is -0.326 e. The van der Waals surface area contributed by atoms with Gasteiger partial charge in [-0.1, -0.05) is 6.07 Å². The summed E-state index contributed by atoms with van der Waals surface area (Å²) in [6.07, 6.45) is 2.02. The van der Waals surface area contributed by atoms with Crippen LogP contribution in [-0.2, 0) is 14.6 Å². The van der Waals surface area contributed by atoms with Crippen molar-refractivity contribution in [2.24, 2.45) is 5.92 Å². The normalized spacial score (nSPS) is 20.3. The SMILES string of the molecule is Cc1ccc(C2CC2C(=O)Nc2cc(S(C)(=O)=O)ccc2C)s1. The Morgan fingerprint density at radius 3 is 2.57 bits per heavy atom. The van der Waals surface area contributed by atoms with Gasteiger partial charge in [-0.3, -0.25) is 4.79 Å². The van der Waals surface area contributed by atoms with Crippen LogP contribution in [-0.4, -0.2) is 20.6 Å². The molecule has 23 heavy (non-hydrogen) atoms. The van der Waals surface area contributed by atoms with Gasteiger partial charge < -0.3 is 5.32 Å².